The van der Waals surface area contributed by atoms with Gasteiger partial charge in [0.25, 0.3) is 0 Å². The minimum Gasteiger partial charge on any atom is -1.00 e. The monoisotopic (exact) mass is 184 g/mol. The first-order valence-corrected chi connectivity index (χ1v) is 3.01. The Hall–Kier alpha value is 0.0700. The molecule has 0 rings (SSSR count). The van der Waals surface area contributed by atoms with Crippen LogP contribution in [0.4, 0.5) is 0 Å². The summed E-state index contributed by atoms with van der Waals surface area (Å²) < 4.78 is -0.647. The lowest BCUT2D eigenvalue weighted by Gasteiger charge is -2.21. The normalized spacial score (nSPS) is 13.6. The summed E-state index contributed by atoms with van der Waals surface area (Å²) in [5, 5.41) is 8.34. The van der Waals surface area contributed by atoms with Crippen molar-refractivity contribution in [3.05, 3.63) is 0 Å². The summed E-state index contributed by atoms with van der Waals surface area (Å²) in [6, 6.07) is -0.902. The van der Waals surface area contributed by atoms with E-state index in [9.17, 15) is 4.79 Å². The Morgan fingerprint density at radius 1 is 1.70 bits per heavy atom. The molecule has 0 amide bonds. The molecule has 0 unspecified atom stereocenters. The molecule has 0 bridgehead atoms. The topological polar surface area (TPSA) is 63.3 Å². The summed E-state index contributed by atoms with van der Waals surface area (Å²) in [5.41, 5.74) is 5.22. The van der Waals surface area contributed by atoms with E-state index >= 15 is 0 Å². The van der Waals surface area contributed by atoms with E-state index in [0.717, 1.165) is 0 Å². The number of carbonyl (C=O) groups is 1. The first kappa shape index (κ1) is 12.7. The zero-order valence-corrected chi connectivity index (χ0v) is 7.49. The number of thiol groups is 1. The van der Waals surface area contributed by atoms with Crippen LogP contribution in [0.3, 0.4) is 0 Å². The summed E-state index contributed by atoms with van der Waals surface area (Å²) in [5.74, 6) is -1.02. The van der Waals surface area contributed by atoms with Crippen molar-refractivity contribution >= 4 is 18.6 Å². The number of rotatable bonds is 2. The number of aliphatic carboxylic acids is 1. The zero-order chi connectivity index (χ0) is 7.65. The van der Waals surface area contributed by atoms with Crippen molar-refractivity contribution in [2.45, 2.75) is 24.6 Å². The highest BCUT2D eigenvalue weighted by Gasteiger charge is 2.27. The average molecular weight is 185 g/mol. The lowest BCUT2D eigenvalue weighted by Crippen LogP contribution is -3.00. The molecule has 0 aliphatic heterocycles. The van der Waals surface area contributed by atoms with E-state index in [0.29, 0.717) is 0 Å². The predicted octanol–water partition coefficient (Wildman–Crippen LogP) is -2.89. The molecule has 0 aliphatic carbocycles. The van der Waals surface area contributed by atoms with Crippen LogP contribution in [0, 0.1) is 0 Å². The van der Waals surface area contributed by atoms with Gasteiger partial charge in [-0.3, -0.25) is 4.79 Å². The van der Waals surface area contributed by atoms with Crippen LogP contribution < -0.4 is 18.1 Å². The summed E-state index contributed by atoms with van der Waals surface area (Å²) >= 11 is 3.98. The molecule has 0 heterocycles. The fraction of sp³-hybridized carbons (Fsp3) is 0.800. The fourth-order valence-electron chi connectivity index (χ4n) is 0.302. The van der Waals surface area contributed by atoms with Crippen LogP contribution in [-0.2, 0) is 4.79 Å². The molecular formula is C5H11ClNO2S-. The van der Waals surface area contributed by atoms with Crippen LogP contribution in [0.25, 0.3) is 0 Å². The summed E-state index contributed by atoms with van der Waals surface area (Å²) in [7, 11) is 0. The van der Waals surface area contributed by atoms with Gasteiger partial charge in [-0.25, -0.2) is 0 Å². The molecule has 0 saturated heterocycles. The van der Waals surface area contributed by atoms with Gasteiger partial charge in [-0.2, -0.15) is 12.6 Å². The molecule has 0 saturated carbocycles. The maximum atomic E-state index is 10.2. The Labute approximate surface area is 71.8 Å². The first-order valence-electron chi connectivity index (χ1n) is 2.56. The van der Waals surface area contributed by atoms with Crippen LogP contribution in [0.15, 0.2) is 0 Å². The minimum atomic E-state index is -1.02. The van der Waals surface area contributed by atoms with Crippen molar-refractivity contribution in [1.29, 1.82) is 0 Å². The molecule has 5 heteroatoms. The molecular weight excluding hydrogens is 174 g/mol. The van der Waals surface area contributed by atoms with E-state index < -0.39 is 16.8 Å². The molecule has 0 aromatic carbocycles. The van der Waals surface area contributed by atoms with Crippen molar-refractivity contribution in [2.24, 2.45) is 5.73 Å². The number of carboxylic acids is 1. The lowest BCUT2D eigenvalue weighted by atomic mass is 10.1. The van der Waals surface area contributed by atoms with Crippen LogP contribution in [0.5, 0.6) is 0 Å². The van der Waals surface area contributed by atoms with Crippen LogP contribution in [-0.4, -0.2) is 21.9 Å². The van der Waals surface area contributed by atoms with Gasteiger partial charge in [0.2, 0.25) is 0 Å². The zero-order valence-electron chi connectivity index (χ0n) is 5.84. The number of nitrogens with two attached hydrogens (primary N) is 1. The van der Waals surface area contributed by atoms with Gasteiger partial charge in [-0.1, -0.05) is 0 Å². The Balaban J connectivity index is 0. The molecule has 0 aromatic heterocycles. The van der Waals surface area contributed by atoms with Gasteiger partial charge in [-0.15, -0.1) is 0 Å². The molecule has 0 spiro atoms. The number of carboxylic acid groups (broad SMARTS) is 1. The van der Waals surface area contributed by atoms with Crippen LogP contribution >= 0.6 is 12.6 Å². The van der Waals surface area contributed by atoms with Crippen LogP contribution in [0.2, 0.25) is 0 Å². The molecule has 1 atom stereocenters. The molecule has 3 N–H and O–H groups in total. The minimum absolute atomic E-state index is 0. The number of halogens is 1. The van der Waals surface area contributed by atoms with E-state index in [4.69, 9.17) is 10.8 Å². The Morgan fingerprint density at radius 2 is 2.00 bits per heavy atom. The van der Waals surface area contributed by atoms with Crippen molar-refractivity contribution in [3.8, 4) is 0 Å². The van der Waals surface area contributed by atoms with Crippen molar-refractivity contribution in [1.82, 2.24) is 0 Å². The second-order valence-electron chi connectivity index (χ2n) is 2.47. The fourth-order valence-corrected chi connectivity index (χ4v) is 0.413. The highest BCUT2D eigenvalue weighted by Crippen LogP contribution is 2.15. The third kappa shape index (κ3) is 3.98. The number of hydrogen-bond donors (Lipinski definition) is 3. The van der Waals surface area contributed by atoms with Gasteiger partial charge in [0.1, 0.15) is 6.04 Å². The second kappa shape index (κ2) is 4.05. The Kier molecular flexibility index (Phi) is 5.16. The molecule has 0 radical (unpaired) electrons. The van der Waals surface area contributed by atoms with Crippen LogP contribution in [0.1, 0.15) is 13.8 Å². The van der Waals surface area contributed by atoms with E-state index in [1.807, 2.05) is 0 Å². The third-order valence-corrected chi connectivity index (χ3v) is 1.31. The van der Waals surface area contributed by atoms with Gasteiger partial charge in [0.05, 0.1) is 0 Å². The Morgan fingerprint density at radius 3 is 2.00 bits per heavy atom. The summed E-state index contributed by atoms with van der Waals surface area (Å²) in [4.78, 5) is 10.2. The number of hydrogen-bond acceptors (Lipinski definition) is 3. The quantitative estimate of drug-likeness (QED) is 0.404. The maximum Gasteiger partial charge on any atom is 0.321 e. The average Bonchev–Trinajstić information content (AvgIpc) is 1.62. The van der Waals surface area contributed by atoms with Gasteiger partial charge in [0, 0.05) is 4.75 Å². The maximum absolute atomic E-state index is 10.2. The largest absolute Gasteiger partial charge is 1.00 e. The van der Waals surface area contributed by atoms with E-state index in [-0.39, 0.29) is 12.4 Å². The highest BCUT2D eigenvalue weighted by molar-refractivity contribution is 7.81. The second-order valence-corrected chi connectivity index (χ2v) is 3.62. The smallest absolute Gasteiger partial charge is 0.321 e. The van der Waals surface area contributed by atoms with Gasteiger partial charge >= 0.3 is 5.97 Å². The lowest BCUT2D eigenvalue weighted by molar-refractivity contribution is -0.139. The van der Waals surface area contributed by atoms with Crippen molar-refractivity contribution < 1.29 is 22.3 Å². The molecule has 10 heavy (non-hydrogen) atoms. The predicted molar refractivity (Wildman–Crippen MR) is 38.7 cm³/mol. The highest BCUT2D eigenvalue weighted by atomic mass is 35.5. The van der Waals surface area contributed by atoms with Crippen molar-refractivity contribution in [2.75, 3.05) is 0 Å². The van der Waals surface area contributed by atoms with Gasteiger partial charge in [0.15, 0.2) is 0 Å². The van der Waals surface area contributed by atoms with E-state index in [1.165, 1.54) is 0 Å². The summed E-state index contributed by atoms with van der Waals surface area (Å²) in [6.45, 7) is 3.32. The van der Waals surface area contributed by atoms with E-state index in [1.54, 1.807) is 13.8 Å². The standard InChI is InChI=1S/C5H11NO2S.ClH/c1-5(2,9)3(6)4(7)8;/h3,9H,6H2,1-2H3,(H,7,8);1H/p-1/t3-;/m0./s1. The third-order valence-electron chi connectivity index (χ3n) is 1.03. The van der Waals surface area contributed by atoms with Gasteiger partial charge in [-0.05, 0) is 13.8 Å². The summed E-state index contributed by atoms with van der Waals surface area (Å²) in [6.07, 6.45) is 0. The first-order chi connectivity index (χ1) is 3.85. The molecule has 62 valence electrons. The molecule has 0 fully saturated rings. The SMILES string of the molecule is CC(C)(S)[C@@H](N)C(=O)O.[Cl-]. The molecule has 0 aromatic rings. The molecule has 0 aliphatic rings. The van der Waals surface area contributed by atoms with Gasteiger partial charge < -0.3 is 23.2 Å². The Bertz CT molecular complexity index is 123. The van der Waals surface area contributed by atoms with E-state index in [2.05, 4.69) is 12.6 Å². The molecule has 3 nitrogen and oxygen atoms in total. The van der Waals surface area contributed by atoms with Crippen molar-refractivity contribution in [3.63, 3.8) is 0 Å².